The molecule has 0 bridgehead atoms. The molecule has 1 heterocycles. The van der Waals surface area contributed by atoms with Gasteiger partial charge in [0, 0.05) is 17.4 Å². The zero-order chi connectivity index (χ0) is 24.2. The molecule has 1 aromatic carbocycles. The summed E-state index contributed by atoms with van der Waals surface area (Å²) < 4.78 is 5.05. The van der Waals surface area contributed by atoms with Gasteiger partial charge < -0.3 is 15.4 Å². The van der Waals surface area contributed by atoms with Crippen LogP contribution in [0.15, 0.2) is 23.1 Å². The second-order valence-electron chi connectivity index (χ2n) is 8.44. The summed E-state index contributed by atoms with van der Waals surface area (Å²) in [5.74, 6) is -1.43. The number of hydrogen-bond donors (Lipinski definition) is 2. The number of rotatable bonds is 8. The number of ketones is 1. The molecular formula is C23H29N3O6S. The van der Waals surface area contributed by atoms with Crippen LogP contribution in [0, 0.1) is 5.92 Å². The first-order chi connectivity index (χ1) is 15.7. The summed E-state index contributed by atoms with van der Waals surface area (Å²) in [5.41, 5.74) is -0.168. The first kappa shape index (κ1) is 24.8. The van der Waals surface area contributed by atoms with Crippen molar-refractivity contribution >= 4 is 47.0 Å². The Morgan fingerprint density at radius 3 is 2.55 bits per heavy atom. The number of nitrogens with one attached hydrogen (secondary N) is 2. The highest BCUT2D eigenvalue weighted by Gasteiger charge is 2.52. The minimum atomic E-state index is -0.933. The molecular weight excluding hydrogens is 446 g/mol. The lowest BCUT2D eigenvalue weighted by molar-refractivity contribution is -0.147. The summed E-state index contributed by atoms with van der Waals surface area (Å²) in [5, 5.41) is 5.44. The number of carbonyl (C=O) groups excluding carboxylic acids is 5. The van der Waals surface area contributed by atoms with Crippen molar-refractivity contribution in [3.63, 3.8) is 0 Å². The summed E-state index contributed by atoms with van der Waals surface area (Å²) in [4.78, 5) is 63.1. The molecule has 2 aliphatic rings. The molecule has 1 saturated heterocycles. The smallest absolute Gasteiger partial charge is 0.326 e. The van der Waals surface area contributed by atoms with E-state index in [1.165, 1.54) is 24.8 Å². The third kappa shape index (κ3) is 5.55. The van der Waals surface area contributed by atoms with Crippen molar-refractivity contribution in [2.45, 2.75) is 56.4 Å². The van der Waals surface area contributed by atoms with Gasteiger partial charge in [-0.2, -0.15) is 0 Å². The van der Waals surface area contributed by atoms with E-state index in [-0.39, 0.29) is 11.5 Å². The standard InChI is InChI=1S/C23H29N3O6S/c1-4-15-7-9-23(10-8-15)21(30)26(22(31)25-23)12-20(29)32-13-18(28)16-5-6-19(33-3)17(11-16)24-14(2)27/h5-6,11,15H,4,7-10,12-13H2,1-3H3,(H,24,27)(H,25,31). The van der Waals surface area contributed by atoms with E-state index in [2.05, 4.69) is 17.6 Å². The van der Waals surface area contributed by atoms with E-state index < -0.39 is 42.4 Å². The molecule has 33 heavy (non-hydrogen) atoms. The Morgan fingerprint density at radius 1 is 1.24 bits per heavy atom. The SMILES string of the molecule is CCC1CCC2(CC1)NC(=O)N(CC(=O)OCC(=O)c1ccc(SC)c(NC(C)=O)c1)C2=O. The van der Waals surface area contributed by atoms with Gasteiger partial charge in [-0.3, -0.25) is 24.1 Å². The Balaban J connectivity index is 1.57. The third-order valence-electron chi connectivity index (χ3n) is 6.27. The minimum absolute atomic E-state index is 0.268. The van der Waals surface area contributed by atoms with Crippen molar-refractivity contribution in [3.8, 4) is 0 Å². The van der Waals surface area contributed by atoms with Crippen LogP contribution in [-0.4, -0.2) is 59.4 Å². The van der Waals surface area contributed by atoms with E-state index in [1.54, 1.807) is 12.1 Å². The molecule has 4 amide bonds. The van der Waals surface area contributed by atoms with Crippen LogP contribution < -0.4 is 10.6 Å². The predicted molar refractivity (Wildman–Crippen MR) is 123 cm³/mol. The molecule has 0 unspecified atom stereocenters. The molecule has 0 aromatic heterocycles. The number of urea groups is 1. The lowest BCUT2D eigenvalue weighted by Gasteiger charge is -2.34. The first-order valence-electron chi connectivity index (χ1n) is 11.0. The van der Waals surface area contributed by atoms with Crippen LogP contribution in [0.3, 0.4) is 0 Å². The summed E-state index contributed by atoms with van der Waals surface area (Å²) >= 11 is 1.42. The van der Waals surface area contributed by atoms with Crippen LogP contribution in [0.1, 0.15) is 56.3 Å². The lowest BCUT2D eigenvalue weighted by Crippen LogP contribution is -2.49. The normalized spacial score (nSPS) is 22.3. The molecule has 1 aromatic rings. The molecule has 0 radical (unpaired) electrons. The van der Waals surface area contributed by atoms with Crippen LogP contribution in [-0.2, 0) is 19.1 Å². The highest BCUT2D eigenvalue weighted by Crippen LogP contribution is 2.37. The number of hydrogen-bond acceptors (Lipinski definition) is 7. The number of ether oxygens (including phenoxy) is 1. The maximum absolute atomic E-state index is 12.9. The van der Waals surface area contributed by atoms with Crippen LogP contribution in [0.4, 0.5) is 10.5 Å². The number of thioether (sulfide) groups is 1. The van der Waals surface area contributed by atoms with Gasteiger partial charge >= 0.3 is 12.0 Å². The number of nitrogens with zero attached hydrogens (tertiary/aromatic N) is 1. The maximum Gasteiger partial charge on any atom is 0.326 e. The quantitative estimate of drug-likeness (QED) is 0.256. The zero-order valence-corrected chi connectivity index (χ0v) is 19.9. The van der Waals surface area contributed by atoms with E-state index in [0.29, 0.717) is 24.4 Å². The molecule has 0 atom stereocenters. The van der Waals surface area contributed by atoms with Gasteiger partial charge in [-0.1, -0.05) is 19.4 Å². The second kappa shape index (κ2) is 10.4. The van der Waals surface area contributed by atoms with Gasteiger partial charge in [0.05, 0.1) is 5.69 Å². The van der Waals surface area contributed by atoms with E-state index >= 15 is 0 Å². The van der Waals surface area contributed by atoms with Crippen molar-refractivity contribution in [2.24, 2.45) is 5.92 Å². The molecule has 178 valence electrons. The van der Waals surface area contributed by atoms with Crippen LogP contribution >= 0.6 is 11.8 Å². The van der Waals surface area contributed by atoms with Gasteiger partial charge in [-0.05, 0) is 50.0 Å². The Morgan fingerprint density at radius 2 is 1.94 bits per heavy atom. The monoisotopic (exact) mass is 475 g/mol. The Labute approximate surface area is 197 Å². The van der Waals surface area contributed by atoms with Crippen LogP contribution in [0.5, 0.6) is 0 Å². The molecule has 1 spiro atoms. The molecule has 9 nitrogen and oxygen atoms in total. The average Bonchev–Trinajstić information content (AvgIpc) is 3.01. The van der Waals surface area contributed by atoms with Gasteiger partial charge in [-0.25, -0.2) is 4.79 Å². The summed E-state index contributed by atoms with van der Waals surface area (Å²) in [6, 6.07) is 4.20. The molecule has 2 N–H and O–H groups in total. The van der Waals surface area contributed by atoms with E-state index in [9.17, 15) is 24.0 Å². The van der Waals surface area contributed by atoms with Crippen molar-refractivity contribution in [3.05, 3.63) is 23.8 Å². The van der Waals surface area contributed by atoms with Gasteiger partial charge in [0.2, 0.25) is 5.91 Å². The fourth-order valence-electron chi connectivity index (χ4n) is 4.31. The average molecular weight is 476 g/mol. The predicted octanol–water partition coefficient (Wildman–Crippen LogP) is 2.98. The van der Waals surface area contributed by atoms with E-state index in [0.717, 1.165) is 29.1 Å². The largest absolute Gasteiger partial charge is 0.456 e. The first-order valence-corrected chi connectivity index (χ1v) is 12.2. The van der Waals surface area contributed by atoms with E-state index in [4.69, 9.17) is 4.74 Å². The Hall–Kier alpha value is -2.88. The van der Waals surface area contributed by atoms with Crippen molar-refractivity contribution in [1.29, 1.82) is 0 Å². The number of carbonyl (C=O) groups is 5. The lowest BCUT2D eigenvalue weighted by atomic mass is 9.75. The molecule has 1 aliphatic carbocycles. The number of benzene rings is 1. The third-order valence-corrected chi connectivity index (χ3v) is 7.06. The number of anilines is 1. The van der Waals surface area contributed by atoms with E-state index in [1.807, 2.05) is 6.26 Å². The zero-order valence-electron chi connectivity index (χ0n) is 19.1. The molecule has 3 rings (SSSR count). The van der Waals surface area contributed by atoms with Crippen LogP contribution in [0.2, 0.25) is 0 Å². The number of amides is 4. The summed E-state index contributed by atoms with van der Waals surface area (Å²) in [7, 11) is 0. The van der Waals surface area contributed by atoms with Gasteiger partial charge in [-0.15, -0.1) is 11.8 Å². The molecule has 2 fully saturated rings. The van der Waals surface area contributed by atoms with Gasteiger partial charge in [0.1, 0.15) is 12.1 Å². The summed E-state index contributed by atoms with van der Waals surface area (Å²) in [6.45, 7) is 2.40. The highest BCUT2D eigenvalue weighted by molar-refractivity contribution is 7.98. The topological polar surface area (TPSA) is 122 Å². The summed E-state index contributed by atoms with van der Waals surface area (Å²) in [6.07, 6.45) is 5.70. The maximum atomic E-state index is 12.9. The number of esters is 1. The fraction of sp³-hybridized carbons (Fsp3) is 0.522. The highest BCUT2D eigenvalue weighted by atomic mass is 32.2. The van der Waals surface area contributed by atoms with Crippen molar-refractivity contribution in [1.82, 2.24) is 10.2 Å². The number of Topliss-reactive ketones (excluding diaryl/α,β-unsaturated/α-hetero) is 1. The molecule has 10 heteroatoms. The van der Waals surface area contributed by atoms with Crippen molar-refractivity contribution in [2.75, 3.05) is 24.7 Å². The second-order valence-corrected chi connectivity index (χ2v) is 9.28. The van der Waals surface area contributed by atoms with Gasteiger partial charge in [0.15, 0.2) is 12.4 Å². The minimum Gasteiger partial charge on any atom is -0.456 e. The van der Waals surface area contributed by atoms with Crippen molar-refractivity contribution < 1.29 is 28.7 Å². The Bertz CT molecular complexity index is 971. The number of imide groups is 1. The Kier molecular flexibility index (Phi) is 7.78. The van der Waals surface area contributed by atoms with Gasteiger partial charge in [0.25, 0.3) is 5.91 Å². The fourth-order valence-corrected chi connectivity index (χ4v) is 4.84. The molecule has 1 saturated carbocycles. The van der Waals surface area contributed by atoms with Crippen LogP contribution in [0.25, 0.3) is 0 Å². The molecule has 1 aliphatic heterocycles.